The highest BCUT2D eigenvalue weighted by atomic mass is 32.1. The molecule has 0 aliphatic rings. The number of hydrogen-bond acceptors (Lipinski definition) is 7. The van der Waals surface area contributed by atoms with Crippen LogP contribution in [0.4, 0.5) is 5.00 Å². The number of carbonyl (C=O) groups is 2. The summed E-state index contributed by atoms with van der Waals surface area (Å²) in [4.78, 5) is 26.2. The lowest BCUT2D eigenvalue weighted by atomic mass is 10.1. The van der Waals surface area contributed by atoms with Gasteiger partial charge in [0.1, 0.15) is 10.6 Å². The van der Waals surface area contributed by atoms with Crippen molar-refractivity contribution in [3.05, 3.63) is 52.2 Å². The highest BCUT2D eigenvalue weighted by Crippen LogP contribution is 2.38. The highest BCUT2D eigenvalue weighted by Gasteiger charge is 2.24. The zero-order chi connectivity index (χ0) is 20.1. The topological polar surface area (TPSA) is 73.9 Å². The third-order valence-electron chi connectivity index (χ3n) is 3.93. The van der Waals surface area contributed by atoms with Crippen molar-refractivity contribution < 1.29 is 23.8 Å². The van der Waals surface area contributed by atoms with Gasteiger partial charge < -0.3 is 19.5 Å². The summed E-state index contributed by atoms with van der Waals surface area (Å²) in [6, 6.07) is 8.72. The average Bonchev–Trinajstić information content (AvgIpc) is 3.37. The van der Waals surface area contributed by atoms with Crippen LogP contribution in [0.3, 0.4) is 0 Å². The highest BCUT2D eigenvalue weighted by molar-refractivity contribution is 7.17. The molecule has 0 saturated carbocycles. The van der Waals surface area contributed by atoms with E-state index in [1.165, 1.54) is 36.9 Å². The second-order valence-electron chi connectivity index (χ2n) is 5.58. The van der Waals surface area contributed by atoms with Crippen LogP contribution in [0.15, 0.2) is 41.1 Å². The van der Waals surface area contributed by atoms with Crippen LogP contribution in [0.2, 0.25) is 0 Å². The van der Waals surface area contributed by atoms with E-state index in [0.717, 1.165) is 10.4 Å². The molecule has 1 amide bonds. The van der Waals surface area contributed by atoms with Gasteiger partial charge in [0.15, 0.2) is 11.5 Å². The third kappa shape index (κ3) is 4.02. The molecule has 146 valence electrons. The molecular formula is C20H19NO5S2. The summed E-state index contributed by atoms with van der Waals surface area (Å²) in [5.74, 6) is 0.162. The Morgan fingerprint density at radius 1 is 1.07 bits per heavy atom. The molecule has 0 aliphatic carbocycles. The molecule has 0 spiro atoms. The zero-order valence-corrected chi connectivity index (χ0v) is 17.2. The molecule has 28 heavy (non-hydrogen) atoms. The molecule has 0 radical (unpaired) electrons. The fourth-order valence-electron chi connectivity index (χ4n) is 2.62. The molecular weight excluding hydrogens is 398 g/mol. The number of methoxy groups -OCH3 is 2. The molecule has 6 nitrogen and oxygen atoms in total. The Morgan fingerprint density at radius 2 is 1.86 bits per heavy atom. The second kappa shape index (κ2) is 8.90. The summed E-state index contributed by atoms with van der Waals surface area (Å²) >= 11 is 2.81. The van der Waals surface area contributed by atoms with E-state index in [9.17, 15) is 9.59 Å². The van der Waals surface area contributed by atoms with E-state index in [0.29, 0.717) is 27.6 Å². The molecule has 3 rings (SSSR count). The van der Waals surface area contributed by atoms with Crippen LogP contribution in [-0.4, -0.2) is 32.7 Å². The van der Waals surface area contributed by atoms with Gasteiger partial charge in [0.25, 0.3) is 5.91 Å². The number of rotatable bonds is 7. The Labute approximate surface area is 170 Å². The van der Waals surface area contributed by atoms with Crippen molar-refractivity contribution in [1.29, 1.82) is 0 Å². The molecule has 0 bridgehead atoms. The van der Waals surface area contributed by atoms with Crippen molar-refractivity contribution in [1.82, 2.24) is 0 Å². The van der Waals surface area contributed by atoms with Gasteiger partial charge in [0, 0.05) is 21.4 Å². The molecule has 1 N–H and O–H groups in total. The van der Waals surface area contributed by atoms with E-state index < -0.39 is 5.97 Å². The molecule has 2 heterocycles. The lowest BCUT2D eigenvalue weighted by Crippen LogP contribution is -2.15. The van der Waals surface area contributed by atoms with Gasteiger partial charge in [-0.2, -0.15) is 0 Å². The second-order valence-corrected chi connectivity index (χ2v) is 7.40. The fourth-order valence-corrected chi connectivity index (χ4v) is 4.39. The van der Waals surface area contributed by atoms with E-state index in [4.69, 9.17) is 14.2 Å². The largest absolute Gasteiger partial charge is 0.493 e. The number of amides is 1. The molecule has 3 aromatic rings. The van der Waals surface area contributed by atoms with Crippen molar-refractivity contribution in [3.8, 4) is 21.9 Å². The standard InChI is InChI=1S/C20H19NO5S2/c1-4-26-20(23)17-13(16-6-5-9-27-16)11-28-19(17)21-18(22)12-7-8-14(24-2)15(10-12)25-3/h5-11H,4H2,1-3H3,(H,21,22). The van der Waals surface area contributed by atoms with Crippen molar-refractivity contribution in [3.63, 3.8) is 0 Å². The maximum absolute atomic E-state index is 12.8. The third-order valence-corrected chi connectivity index (χ3v) is 5.73. The van der Waals surface area contributed by atoms with Crippen molar-refractivity contribution in [2.75, 3.05) is 26.1 Å². The minimum Gasteiger partial charge on any atom is -0.493 e. The maximum atomic E-state index is 12.8. The Kier molecular flexibility index (Phi) is 6.33. The van der Waals surface area contributed by atoms with Gasteiger partial charge in [0.05, 0.1) is 20.8 Å². The first kappa shape index (κ1) is 19.9. The number of carbonyl (C=O) groups excluding carboxylic acids is 2. The zero-order valence-electron chi connectivity index (χ0n) is 15.6. The predicted octanol–water partition coefficient (Wildman–Crippen LogP) is 4.92. The van der Waals surface area contributed by atoms with E-state index >= 15 is 0 Å². The molecule has 1 aromatic carbocycles. The van der Waals surface area contributed by atoms with E-state index in [2.05, 4.69) is 5.32 Å². The van der Waals surface area contributed by atoms with Crippen LogP contribution in [-0.2, 0) is 4.74 Å². The fraction of sp³-hybridized carbons (Fsp3) is 0.200. The first-order valence-electron chi connectivity index (χ1n) is 8.44. The first-order chi connectivity index (χ1) is 13.6. The first-order valence-corrected chi connectivity index (χ1v) is 10.2. The summed E-state index contributed by atoms with van der Waals surface area (Å²) in [7, 11) is 3.03. The molecule has 8 heteroatoms. The molecule has 2 aromatic heterocycles. The number of nitrogens with one attached hydrogen (secondary N) is 1. The lowest BCUT2D eigenvalue weighted by Gasteiger charge is -2.10. The number of thiophene rings is 2. The van der Waals surface area contributed by atoms with Gasteiger partial charge in [0.2, 0.25) is 0 Å². The van der Waals surface area contributed by atoms with Crippen molar-refractivity contribution >= 4 is 39.6 Å². The van der Waals surface area contributed by atoms with Gasteiger partial charge in [-0.05, 0) is 36.6 Å². The maximum Gasteiger partial charge on any atom is 0.341 e. The van der Waals surface area contributed by atoms with Crippen molar-refractivity contribution in [2.45, 2.75) is 6.92 Å². The van der Waals surface area contributed by atoms with E-state index in [1.54, 1.807) is 25.1 Å². The van der Waals surface area contributed by atoms with Gasteiger partial charge >= 0.3 is 5.97 Å². The molecule has 0 saturated heterocycles. The number of hydrogen-bond donors (Lipinski definition) is 1. The number of esters is 1. The summed E-state index contributed by atoms with van der Waals surface area (Å²) in [5.41, 5.74) is 1.50. The molecule has 0 unspecified atom stereocenters. The molecule has 0 aliphatic heterocycles. The summed E-state index contributed by atoms with van der Waals surface area (Å²) in [6.45, 7) is 2.00. The number of anilines is 1. The van der Waals surface area contributed by atoms with Crippen LogP contribution < -0.4 is 14.8 Å². The van der Waals surface area contributed by atoms with Crippen LogP contribution >= 0.6 is 22.7 Å². The summed E-state index contributed by atoms with van der Waals surface area (Å²) in [5, 5.41) is 7.05. The predicted molar refractivity (Wildman–Crippen MR) is 111 cm³/mol. The Balaban J connectivity index is 1.94. The molecule has 0 atom stereocenters. The molecule has 0 fully saturated rings. The van der Waals surface area contributed by atoms with Crippen LogP contribution in [0.5, 0.6) is 11.5 Å². The number of ether oxygens (including phenoxy) is 3. The van der Waals surface area contributed by atoms with E-state index in [-0.39, 0.29) is 12.5 Å². The van der Waals surface area contributed by atoms with Crippen LogP contribution in [0.25, 0.3) is 10.4 Å². The SMILES string of the molecule is CCOC(=O)c1c(-c2cccs2)csc1NC(=O)c1ccc(OC)c(OC)c1. The Hall–Kier alpha value is -2.84. The quantitative estimate of drug-likeness (QED) is 0.552. The van der Waals surface area contributed by atoms with Crippen LogP contribution in [0.1, 0.15) is 27.6 Å². The smallest absolute Gasteiger partial charge is 0.341 e. The van der Waals surface area contributed by atoms with Gasteiger partial charge in [-0.3, -0.25) is 4.79 Å². The van der Waals surface area contributed by atoms with Gasteiger partial charge in [-0.1, -0.05) is 6.07 Å². The average molecular weight is 418 g/mol. The Morgan fingerprint density at radius 3 is 2.50 bits per heavy atom. The minimum atomic E-state index is -0.463. The minimum absolute atomic E-state index is 0.252. The van der Waals surface area contributed by atoms with Gasteiger partial charge in [-0.15, -0.1) is 22.7 Å². The monoisotopic (exact) mass is 417 g/mol. The Bertz CT molecular complexity index is 979. The van der Waals surface area contributed by atoms with Gasteiger partial charge in [-0.25, -0.2) is 4.79 Å². The van der Waals surface area contributed by atoms with Crippen LogP contribution in [0, 0.1) is 0 Å². The summed E-state index contributed by atoms with van der Waals surface area (Å²) in [6.07, 6.45) is 0. The van der Waals surface area contributed by atoms with E-state index in [1.807, 2.05) is 22.9 Å². The normalized spacial score (nSPS) is 10.4. The lowest BCUT2D eigenvalue weighted by molar-refractivity contribution is 0.0529. The van der Waals surface area contributed by atoms with Crippen molar-refractivity contribution in [2.24, 2.45) is 0 Å². The number of benzene rings is 1. The summed E-state index contributed by atoms with van der Waals surface area (Å²) < 4.78 is 15.7.